The minimum Gasteiger partial charge on any atom is -0.353 e. The van der Waals surface area contributed by atoms with Gasteiger partial charge in [-0.1, -0.05) is 5.92 Å². The third-order valence-corrected chi connectivity index (χ3v) is 2.92. The lowest BCUT2D eigenvalue weighted by Gasteiger charge is -2.40. The molecule has 0 bridgehead atoms. The molecular weight excluding hydrogens is 164 g/mol. The van der Waals surface area contributed by atoms with Gasteiger partial charge in [-0.05, 0) is 38.5 Å². The van der Waals surface area contributed by atoms with Gasteiger partial charge in [-0.15, -0.1) is 6.42 Å². The van der Waals surface area contributed by atoms with E-state index in [1.54, 1.807) is 0 Å². The first-order chi connectivity index (χ1) is 6.35. The summed E-state index contributed by atoms with van der Waals surface area (Å²) in [6.07, 6.45) is 12.0. The van der Waals surface area contributed by atoms with Crippen molar-refractivity contribution in [1.82, 2.24) is 0 Å². The van der Waals surface area contributed by atoms with Gasteiger partial charge in [0.15, 0.2) is 6.29 Å². The van der Waals surface area contributed by atoms with E-state index in [1.807, 2.05) is 0 Å². The Morgan fingerprint density at radius 3 is 2.62 bits per heavy atom. The van der Waals surface area contributed by atoms with Crippen LogP contribution in [0.5, 0.6) is 0 Å². The standard InChI is InChI=1S/C11H16O2/c1-2-11(7-5-8-11)13-10-6-3-4-9-12-10/h1,10H,3-9H2. The molecule has 1 aliphatic carbocycles. The van der Waals surface area contributed by atoms with Gasteiger partial charge in [0.05, 0.1) is 0 Å². The molecule has 1 heterocycles. The Morgan fingerprint density at radius 1 is 1.31 bits per heavy atom. The fourth-order valence-corrected chi connectivity index (χ4v) is 1.85. The SMILES string of the molecule is C#CC1(OC2CCCCO2)CCC1. The van der Waals surface area contributed by atoms with Gasteiger partial charge in [0.1, 0.15) is 5.60 Å². The highest BCUT2D eigenvalue weighted by Gasteiger charge is 2.38. The van der Waals surface area contributed by atoms with Gasteiger partial charge in [0.25, 0.3) is 0 Å². The van der Waals surface area contributed by atoms with Crippen LogP contribution in [0.4, 0.5) is 0 Å². The zero-order valence-electron chi connectivity index (χ0n) is 7.92. The smallest absolute Gasteiger partial charge is 0.159 e. The highest BCUT2D eigenvalue weighted by molar-refractivity contribution is 5.13. The summed E-state index contributed by atoms with van der Waals surface area (Å²) in [5.74, 6) is 2.76. The molecule has 2 rings (SSSR count). The average molecular weight is 180 g/mol. The quantitative estimate of drug-likeness (QED) is 0.606. The molecule has 2 aliphatic rings. The molecule has 72 valence electrons. The summed E-state index contributed by atoms with van der Waals surface area (Å²) in [5, 5.41) is 0. The molecule has 0 N–H and O–H groups in total. The van der Waals surface area contributed by atoms with Crippen LogP contribution in [0, 0.1) is 12.3 Å². The van der Waals surface area contributed by atoms with Gasteiger partial charge in [-0.3, -0.25) is 0 Å². The van der Waals surface area contributed by atoms with Crippen LogP contribution < -0.4 is 0 Å². The maximum absolute atomic E-state index is 5.81. The topological polar surface area (TPSA) is 18.5 Å². The molecule has 2 nitrogen and oxygen atoms in total. The zero-order valence-corrected chi connectivity index (χ0v) is 7.92. The Labute approximate surface area is 79.6 Å². The van der Waals surface area contributed by atoms with E-state index in [1.165, 1.54) is 12.8 Å². The van der Waals surface area contributed by atoms with Crippen molar-refractivity contribution < 1.29 is 9.47 Å². The molecule has 13 heavy (non-hydrogen) atoms. The van der Waals surface area contributed by atoms with Crippen LogP contribution in [0.2, 0.25) is 0 Å². The van der Waals surface area contributed by atoms with Crippen molar-refractivity contribution in [3.8, 4) is 12.3 Å². The van der Waals surface area contributed by atoms with Crippen molar-refractivity contribution in [2.45, 2.75) is 50.4 Å². The van der Waals surface area contributed by atoms with Crippen molar-refractivity contribution in [1.29, 1.82) is 0 Å². The number of ether oxygens (including phenoxy) is 2. The molecule has 2 heteroatoms. The summed E-state index contributed by atoms with van der Waals surface area (Å²) >= 11 is 0. The maximum Gasteiger partial charge on any atom is 0.159 e. The second-order valence-corrected chi connectivity index (χ2v) is 3.91. The molecule has 1 saturated heterocycles. The van der Waals surface area contributed by atoms with Crippen LogP contribution in [-0.2, 0) is 9.47 Å². The molecule has 0 radical (unpaired) electrons. The molecule has 2 fully saturated rings. The van der Waals surface area contributed by atoms with Crippen LogP contribution in [-0.4, -0.2) is 18.5 Å². The van der Waals surface area contributed by atoms with Gasteiger partial charge >= 0.3 is 0 Å². The van der Waals surface area contributed by atoms with Crippen molar-refractivity contribution >= 4 is 0 Å². The molecule has 1 saturated carbocycles. The Bertz CT molecular complexity index is 207. The predicted molar refractivity (Wildman–Crippen MR) is 50.1 cm³/mol. The van der Waals surface area contributed by atoms with Crippen LogP contribution in [0.25, 0.3) is 0 Å². The van der Waals surface area contributed by atoms with E-state index in [4.69, 9.17) is 15.9 Å². The summed E-state index contributed by atoms with van der Waals surface area (Å²) < 4.78 is 11.3. The number of hydrogen-bond donors (Lipinski definition) is 0. The van der Waals surface area contributed by atoms with Crippen molar-refractivity contribution in [2.75, 3.05) is 6.61 Å². The summed E-state index contributed by atoms with van der Waals surface area (Å²) in [5.41, 5.74) is -0.276. The van der Waals surface area contributed by atoms with Gasteiger partial charge < -0.3 is 9.47 Å². The Kier molecular flexibility index (Phi) is 2.57. The van der Waals surface area contributed by atoms with E-state index in [2.05, 4.69) is 5.92 Å². The second kappa shape index (κ2) is 3.69. The van der Waals surface area contributed by atoms with Crippen LogP contribution in [0.1, 0.15) is 38.5 Å². The van der Waals surface area contributed by atoms with Crippen LogP contribution in [0.15, 0.2) is 0 Å². The molecule has 0 aromatic rings. The van der Waals surface area contributed by atoms with Gasteiger partial charge in [-0.25, -0.2) is 0 Å². The number of rotatable bonds is 2. The lowest BCUT2D eigenvalue weighted by Crippen LogP contribution is -2.43. The van der Waals surface area contributed by atoms with E-state index in [0.29, 0.717) is 0 Å². The van der Waals surface area contributed by atoms with E-state index in [0.717, 1.165) is 32.3 Å². The Hall–Kier alpha value is -0.520. The minimum atomic E-state index is -0.276. The van der Waals surface area contributed by atoms with Crippen molar-refractivity contribution in [3.05, 3.63) is 0 Å². The molecule has 1 unspecified atom stereocenters. The number of terminal acetylenes is 1. The molecule has 0 aromatic carbocycles. The minimum absolute atomic E-state index is 0.0369. The summed E-state index contributed by atoms with van der Waals surface area (Å²) in [4.78, 5) is 0. The lowest BCUT2D eigenvalue weighted by atomic mass is 9.81. The average Bonchev–Trinajstić information content (AvgIpc) is 2.13. The molecule has 0 spiro atoms. The predicted octanol–water partition coefficient (Wildman–Crippen LogP) is 2.09. The van der Waals surface area contributed by atoms with E-state index >= 15 is 0 Å². The monoisotopic (exact) mass is 180 g/mol. The largest absolute Gasteiger partial charge is 0.353 e. The lowest BCUT2D eigenvalue weighted by molar-refractivity contribution is -0.225. The third kappa shape index (κ3) is 1.87. The van der Waals surface area contributed by atoms with Crippen LogP contribution in [0.3, 0.4) is 0 Å². The Morgan fingerprint density at radius 2 is 2.15 bits per heavy atom. The normalized spacial score (nSPS) is 31.8. The molecule has 0 aromatic heterocycles. The molecule has 0 amide bonds. The van der Waals surface area contributed by atoms with Gasteiger partial charge in [-0.2, -0.15) is 0 Å². The fraction of sp³-hybridized carbons (Fsp3) is 0.818. The second-order valence-electron chi connectivity index (χ2n) is 3.91. The summed E-state index contributed by atoms with van der Waals surface area (Å²) in [6, 6.07) is 0. The highest BCUT2D eigenvalue weighted by Crippen LogP contribution is 2.37. The zero-order chi connectivity index (χ0) is 9.15. The maximum atomic E-state index is 5.81. The van der Waals surface area contributed by atoms with Crippen molar-refractivity contribution in [3.63, 3.8) is 0 Å². The van der Waals surface area contributed by atoms with E-state index in [9.17, 15) is 0 Å². The molecule has 1 aliphatic heterocycles. The number of hydrogen-bond acceptors (Lipinski definition) is 2. The third-order valence-electron chi connectivity index (χ3n) is 2.92. The van der Waals surface area contributed by atoms with E-state index < -0.39 is 0 Å². The first kappa shape index (κ1) is 9.05. The van der Waals surface area contributed by atoms with Crippen molar-refractivity contribution in [2.24, 2.45) is 0 Å². The molecule has 1 atom stereocenters. The van der Waals surface area contributed by atoms with Crippen LogP contribution >= 0.6 is 0 Å². The summed E-state index contributed by atoms with van der Waals surface area (Å²) in [6.45, 7) is 0.825. The van der Waals surface area contributed by atoms with Gasteiger partial charge in [0.2, 0.25) is 0 Å². The first-order valence-electron chi connectivity index (χ1n) is 5.12. The first-order valence-corrected chi connectivity index (χ1v) is 5.12. The fourth-order valence-electron chi connectivity index (χ4n) is 1.85. The Balaban J connectivity index is 1.85. The van der Waals surface area contributed by atoms with E-state index in [-0.39, 0.29) is 11.9 Å². The van der Waals surface area contributed by atoms with Gasteiger partial charge in [0, 0.05) is 6.61 Å². The highest BCUT2D eigenvalue weighted by atomic mass is 16.7. The summed E-state index contributed by atoms with van der Waals surface area (Å²) in [7, 11) is 0. The molecular formula is C11H16O2.